The Morgan fingerprint density at radius 3 is 1.57 bits per heavy atom. The highest BCUT2D eigenvalue weighted by Crippen LogP contribution is 2.67. The molecule has 0 aromatic heterocycles. The molecule has 0 saturated heterocycles. The summed E-state index contributed by atoms with van der Waals surface area (Å²) >= 11 is 0. The molecule has 2 nitrogen and oxygen atoms in total. The maximum atomic E-state index is 10.3. The summed E-state index contributed by atoms with van der Waals surface area (Å²) in [5, 5.41) is 2.93. The van der Waals surface area contributed by atoms with Gasteiger partial charge < -0.3 is 5.32 Å². The molecule has 0 aromatic rings. The Labute approximate surface area is 135 Å². The Bertz CT molecular complexity index is 238. The zero-order chi connectivity index (χ0) is 17.7. The minimum atomic E-state index is 0.439. The molecule has 130 valence electrons. The van der Waals surface area contributed by atoms with E-state index in [1.165, 1.54) is 12.8 Å². The molecule has 0 aliphatic heterocycles. The first kappa shape index (κ1) is 25.4. The number of carbonyl (C=O) groups excluding carboxylic acids is 1. The molecule has 0 spiro atoms. The maximum Gasteiger partial charge on any atom is 0.207 e. The molecule has 0 radical (unpaired) electrons. The van der Waals surface area contributed by atoms with Gasteiger partial charge in [0.15, 0.2) is 0 Å². The second kappa shape index (κ2) is 13.2. The molecule has 0 heterocycles. The van der Waals surface area contributed by atoms with Gasteiger partial charge in [0.25, 0.3) is 0 Å². The molecule has 0 aromatic carbocycles. The number of carbonyl (C=O) groups is 1. The van der Waals surface area contributed by atoms with Gasteiger partial charge in [-0.2, -0.15) is 0 Å². The number of nitrogens with one attached hydrogen (secondary N) is 1. The summed E-state index contributed by atoms with van der Waals surface area (Å²) in [5.41, 5.74) is 0.963. The zero-order valence-corrected chi connectivity index (χ0v) is 16.8. The largest absolute Gasteiger partial charge is 0.356 e. The Kier molecular flexibility index (Phi) is 15.9. The fourth-order valence-corrected chi connectivity index (χ4v) is 3.34. The molecule has 3 aliphatic carbocycles. The van der Waals surface area contributed by atoms with Gasteiger partial charge in [0, 0.05) is 6.04 Å². The lowest BCUT2D eigenvalue weighted by Crippen LogP contribution is -2.61. The predicted octanol–water partition coefficient (Wildman–Crippen LogP) is 6.05. The average Bonchev–Trinajstić information content (AvgIpc) is 2.55. The van der Waals surface area contributed by atoms with E-state index in [0.717, 1.165) is 18.7 Å². The van der Waals surface area contributed by atoms with Crippen molar-refractivity contribution < 1.29 is 4.79 Å². The molecule has 3 atom stereocenters. The Morgan fingerprint density at radius 2 is 1.29 bits per heavy atom. The molecule has 3 saturated carbocycles. The number of amides is 1. The van der Waals surface area contributed by atoms with Gasteiger partial charge in [-0.1, -0.05) is 76.2 Å². The van der Waals surface area contributed by atoms with Crippen LogP contribution in [0.1, 0.15) is 95.4 Å². The van der Waals surface area contributed by atoms with Crippen molar-refractivity contribution in [3.8, 4) is 0 Å². The molecule has 3 aliphatic rings. The Morgan fingerprint density at radius 1 is 0.857 bits per heavy atom. The van der Waals surface area contributed by atoms with Gasteiger partial charge in [0.1, 0.15) is 0 Å². The van der Waals surface area contributed by atoms with Crippen LogP contribution in [0.2, 0.25) is 0 Å². The number of fused-ring (bicyclic) bond motifs is 2. The van der Waals surface area contributed by atoms with Crippen LogP contribution < -0.4 is 5.32 Å². The van der Waals surface area contributed by atoms with Crippen LogP contribution >= 0.6 is 0 Å². The first-order chi connectivity index (χ1) is 9.99. The van der Waals surface area contributed by atoms with E-state index in [-0.39, 0.29) is 0 Å². The van der Waals surface area contributed by atoms with E-state index in [4.69, 9.17) is 0 Å². The predicted molar refractivity (Wildman–Crippen MR) is 97.6 cm³/mol. The maximum absolute atomic E-state index is 10.3. The molecule has 2 heteroatoms. The van der Waals surface area contributed by atoms with E-state index in [2.05, 4.69) is 26.1 Å². The smallest absolute Gasteiger partial charge is 0.207 e. The topological polar surface area (TPSA) is 29.1 Å². The monoisotopic (exact) mass is 301 g/mol. The van der Waals surface area contributed by atoms with E-state index in [9.17, 15) is 4.79 Å². The van der Waals surface area contributed by atoms with Gasteiger partial charge in [0.2, 0.25) is 6.41 Å². The van der Waals surface area contributed by atoms with E-state index < -0.39 is 0 Å². The van der Waals surface area contributed by atoms with Crippen LogP contribution in [0.5, 0.6) is 0 Å². The molecule has 3 rings (SSSR count). The van der Waals surface area contributed by atoms with Crippen molar-refractivity contribution in [2.75, 3.05) is 0 Å². The van der Waals surface area contributed by atoms with Crippen molar-refractivity contribution in [3.05, 3.63) is 0 Å². The van der Waals surface area contributed by atoms with Gasteiger partial charge in [-0.3, -0.25) is 4.79 Å². The van der Waals surface area contributed by atoms with Crippen molar-refractivity contribution in [2.45, 2.75) is 101 Å². The summed E-state index contributed by atoms with van der Waals surface area (Å²) < 4.78 is 0. The van der Waals surface area contributed by atoms with Crippen LogP contribution in [0.3, 0.4) is 0 Å². The molecule has 21 heavy (non-hydrogen) atoms. The molecule has 0 unspecified atom stereocenters. The van der Waals surface area contributed by atoms with Crippen molar-refractivity contribution in [1.29, 1.82) is 0 Å². The quantitative estimate of drug-likeness (QED) is 0.618. The second-order valence-corrected chi connectivity index (χ2v) is 5.60. The lowest BCUT2D eigenvalue weighted by atomic mass is 9.40. The summed E-state index contributed by atoms with van der Waals surface area (Å²) in [7, 11) is 0. The molecule has 3 fully saturated rings. The third-order valence-corrected chi connectivity index (χ3v) is 4.84. The summed E-state index contributed by atoms with van der Waals surface area (Å²) in [6.07, 6.45) is 4.55. The van der Waals surface area contributed by atoms with Crippen LogP contribution in [-0.2, 0) is 4.79 Å². The summed E-state index contributed by atoms with van der Waals surface area (Å²) in [6, 6.07) is 0.439. The van der Waals surface area contributed by atoms with E-state index in [1.54, 1.807) is 0 Å². The van der Waals surface area contributed by atoms with Crippen LogP contribution in [0.25, 0.3) is 0 Å². The number of hydrogen-bond donors (Lipinski definition) is 1. The van der Waals surface area contributed by atoms with Crippen LogP contribution in [0.4, 0.5) is 0 Å². The van der Waals surface area contributed by atoms with Gasteiger partial charge in [0.05, 0.1) is 0 Å². The molecule has 2 bridgehead atoms. The lowest BCUT2D eigenvalue weighted by molar-refractivity contribution is -0.159. The summed E-state index contributed by atoms with van der Waals surface area (Å²) in [5.74, 6) is 0.823. The van der Waals surface area contributed by atoms with Gasteiger partial charge in [-0.25, -0.2) is 0 Å². The fourth-order valence-electron chi connectivity index (χ4n) is 3.34. The second-order valence-electron chi connectivity index (χ2n) is 5.60. The van der Waals surface area contributed by atoms with Crippen molar-refractivity contribution in [3.63, 3.8) is 0 Å². The van der Waals surface area contributed by atoms with Crippen molar-refractivity contribution in [2.24, 2.45) is 16.7 Å². The van der Waals surface area contributed by atoms with E-state index >= 15 is 0 Å². The lowest BCUT2D eigenvalue weighted by Gasteiger charge is -2.66. The zero-order valence-electron chi connectivity index (χ0n) is 16.8. The van der Waals surface area contributed by atoms with E-state index in [0.29, 0.717) is 16.9 Å². The first-order valence-corrected chi connectivity index (χ1v) is 9.19. The minimum absolute atomic E-state index is 0.439. The normalized spacial score (nSPS) is 29.9. The van der Waals surface area contributed by atoms with Gasteiger partial charge >= 0.3 is 0 Å². The molecule has 1 N–H and O–H groups in total. The van der Waals surface area contributed by atoms with Gasteiger partial charge in [-0.15, -0.1) is 0 Å². The molecular formula is C19H43NO. The third kappa shape index (κ3) is 6.00. The standard InChI is InChI=1S/C11H19NO.4C2H6/c1-10(2)8-4-9(12-7-13)6-11(10,3)5-8;4*1-2/h7-9H,4-6H2,1-3H3,(H,12,13);4*1-2H3/t8-,9-,11-;;;;/m0..../s1. The van der Waals surface area contributed by atoms with Crippen LogP contribution in [-0.4, -0.2) is 12.5 Å². The van der Waals surface area contributed by atoms with Crippen molar-refractivity contribution in [1.82, 2.24) is 5.32 Å². The van der Waals surface area contributed by atoms with Crippen LogP contribution in [0.15, 0.2) is 0 Å². The SMILES string of the molecule is CC.CC.CC.CC.CC1(C)[C@H]2C[C@H](NC=O)C[C@]1(C)C2. The number of hydrogen-bond acceptors (Lipinski definition) is 1. The summed E-state index contributed by atoms with van der Waals surface area (Å²) in [6.45, 7) is 23.1. The average molecular weight is 302 g/mol. The van der Waals surface area contributed by atoms with Crippen molar-refractivity contribution >= 4 is 6.41 Å². The fraction of sp³-hybridized carbons (Fsp3) is 0.947. The van der Waals surface area contributed by atoms with Gasteiger partial charge in [-0.05, 0) is 36.0 Å². The summed E-state index contributed by atoms with van der Waals surface area (Å²) in [4.78, 5) is 10.3. The number of rotatable bonds is 2. The Hall–Kier alpha value is -0.530. The minimum Gasteiger partial charge on any atom is -0.356 e. The third-order valence-electron chi connectivity index (χ3n) is 4.84. The highest BCUT2D eigenvalue weighted by molar-refractivity contribution is 5.47. The Balaban J connectivity index is -0.000000353. The van der Waals surface area contributed by atoms with E-state index in [1.807, 2.05) is 55.4 Å². The highest BCUT2D eigenvalue weighted by atomic mass is 16.1. The first-order valence-electron chi connectivity index (χ1n) is 9.19. The molecule has 1 amide bonds. The highest BCUT2D eigenvalue weighted by Gasteiger charge is 2.60. The molecular weight excluding hydrogens is 258 g/mol. The van der Waals surface area contributed by atoms with Crippen LogP contribution in [0, 0.1) is 16.7 Å².